The van der Waals surface area contributed by atoms with E-state index in [1.807, 2.05) is 30.5 Å². The van der Waals surface area contributed by atoms with E-state index in [1.165, 1.54) is 0 Å². The van der Waals surface area contributed by atoms with E-state index in [0.29, 0.717) is 5.75 Å². The van der Waals surface area contributed by atoms with Gasteiger partial charge in [-0.2, -0.15) is 0 Å². The van der Waals surface area contributed by atoms with E-state index in [2.05, 4.69) is 5.32 Å². The maximum atomic E-state index is 12.3. The summed E-state index contributed by atoms with van der Waals surface area (Å²) in [5.74, 6) is 0.438. The van der Waals surface area contributed by atoms with E-state index in [9.17, 15) is 4.79 Å². The molecule has 1 aromatic heterocycles. The van der Waals surface area contributed by atoms with E-state index < -0.39 is 6.10 Å². The van der Waals surface area contributed by atoms with Crippen LogP contribution in [-0.4, -0.2) is 17.1 Å². The van der Waals surface area contributed by atoms with Crippen molar-refractivity contribution in [3.05, 3.63) is 52.2 Å². The normalized spacial score (nSPS) is 13.4. The Morgan fingerprint density at radius 1 is 1.36 bits per heavy atom. The van der Waals surface area contributed by atoms with Crippen molar-refractivity contribution in [3.8, 4) is 5.75 Å². The smallest absolute Gasteiger partial charge is 0.261 e. The van der Waals surface area contributed by atoms with Crippen LogP contribution in [0.2, 0.25) is 0 Å². The number of ether oxygens (including phenoxy) is 1. The average molecular weight is 319 g/mol. The molecule has 0 aliphatic rings. The van der Waals surface area contributed by atoms with Gasteiger partial charge >= 0.3 is 0 Å². The predicted octanol–water partition coefficient (Wildman–Crippen LogP) is 3.28. The molecule has 0 saturated carbocycles. The fourth-order valence-electron chi connectivity index (χ4n) is 2.13. The third kappa shape index (κ3) is 4.32. The Labute approximate surface area is 134 Å². The summed E-state index contributed by atoms with van der Waals surface area (Å²) in [4.78, 5) is 13.4. The lowest BCUT2D eigenvalue weighted by Gasteiger charge is -2.20. The van der Waals surface area contributed by atoms with E-state index >= 15 is 0 Å². The molecule has 0 bridgehead atoms. The first-order valence-corrected chi connectivity index (χ1v) is 8.22. The highest BCUT2D eigenvalue weighted by Gasteiger charge is 2.19. The molecule has 2 rings (SSSR count). The molecule has 0 fully saturated rings. The topological polar surface area (TPSA) is 58.6 Å². The molecular formula is C17H21NO3S. The molecule has 1 aromatic carbocycles. The second kappa shape index (κ2) is 7.96. The summed E-state index contributed by atoms with van der Waals surface area (Å²) in [6.45, 7) is 3.72. The summed E-state index contributed by atoms with van der Waals surface area (Å²) in [5, 5.41) is 14.1. The van der Waals surface area contributed by atoms with Gasteiger partial charge in [0.25, 0.3) is 5.91 Å². The van der Waals surface area contributed by atoms with Crippen LogP contribution in [0.4, 0.5) is 0 Å². The Morgan fingerprint density at radius 2 is 2.18 bits per heavy atom. The number of carbonyl (C=O) groups is 1. The number of aliphatic hydroxyl groups is 1. The van der Waals surface area contributed by atoms with Gasteiger partial charge in [-0.3, -0.25) is 4.79 Å². The summed E-state index contributed by atoms with van der Waals surface area (Å²) in [6.07, 6.45) is 0.238. The molecule has 5 heteroatoms. The van der Waals surface area contributed by atoms with Gasteiger partial charge in [0.15, 0.2) is 6.10 Å². The first-order valence-electron chi connectivity index (χ1n) is 7.34. The Hall–Kier alpha value is -1.85. The Kier molecular flexibility index (Phi) is 5.98. The SMILES string of the molecule is CCC(NC(=O)C(C)Oc1cccc(CO)c1)c1cccs1. The molecule has 2 aromatic rings. The summed E-state index contributed by atoms with van der Waals surface area (Å²) < 4.78 is 5.66. The van der Waals surface area contributed by atoms with Gasteiger partial charge in [-0.25, -0.2) is 0 Å². The maximum Gasteiger partial charge on any atom is 0.261 e. The summed E-state index contributed by atoms with van der Waals surface area (Å²) in [7, 11) is 0. The van der Waals surface area contributed by atoms with Crippen LogP contribution in [0.15, 0.2) is 41.8 Å². The minimum atomic E-state index is -0.594. The highest BCUT2D eigenvalue weighted by atomic mass is 32.1. The zero-order valence-corrected chi connectivity index (χ0v) is 13.6. The van der Waals surface area contributed by atoms with Crippen LogP contribution in [0, 0.1) is 0 Å². The van der Waals surface area contributed by atoms with Crippen LogP contribution in [0.5, 0.6) is 5.75 Å². The predicted molar refractivity (Wildman–Crippen MR) is 87.9 cm³/mol. The molecule has 0 spiro atoms. The second-order valence-corrected chi connectivity index (χ2v) is 6.03. The van der Waals surface area contributed by atoms with Crippen molar-refractivity contribution in [2.75, 3.05) is 0 Å². The van der Waals surface area contributed by atoms with Crippen LogP contribution in [-0.2, 0) is 11.4 Å². The van der Waals surface area contributed by atoms with E-state index in [-0.39, 0.29) is 18.6 Å². The van der Waals surface area contributed by atoms with Crippen molar-refractivity contribution in [3.63, 3.8) is 0 Å². The molecule has 1 amide bonds. The lowest BCUT2D eigenvalue weighted by atomic mass is 10.2. The second-order valence-electron chi connectivity index (χ2n) is 5.05. The molecule has 0 saturated heterocycles. The molecule has 2 N–H and O–H groups in total. The lowest BCUT2D eigenvalue weighted by Crippen LogP contribution is -2.38. The number of amides is 1. The molecule has 0 aliphatic carbocycles. The van der Waals surface area contributed by atoms with Crippen LogP contribution in [0.3, 0.4) is 0 Å². The summed E-state index contributed by atoms with van der Waals surface area (Å²) in [5.41, 5.74) is 0.759. The zero-order chi connectivity index (χ0) is 15.9. The van der Waals surface area contributed by atoms with Crippen LogP contribution >= 0.6 is 11.3 Å². The molecule has 0 aliphatic heterocycles. The molecule has 0 radical (unpaired) electrons. The van der Waals surface area contributed by atoms with Gasteiger partial charge in [-0.15, -0.1) is 11.3 Å². The van der Waals surface area contributed by atoms with Crippen LogP contribution < -0.4 is 10.1 Å². The molecule has 22 heavy (non-hydrogen) atoms. The van der Waals surface area contributed by atoms with Gasteiger partial charge in [0.1, 0.15) is 5.75 Å². The number of thiophene rings is 1. The fourth-order valence-corrected chi connectivity index (χ4v) is 2.99. The van der Waals surface area contributed by atoms with Gasteiger partial charge in [0.2, 0.25) is 0 Å². The number of hydrogen-bond donors (Lipinski definition) is 2. The molecule has 4 nitrogen and oxygen atoms in total. The van der Waals surface area contributed by atoms with Crippen molar-refractivity contribution in [2.45, 2.75) is 39.0 Å². The Bertz CT molecular complexity index is 598. The van der Waals surface area contributed by atoms with Crippen molar-refractivity contribution in [1.82, 2.24) is 5.32 Å². The first kappa shape index (κ1) is 16.5. The van der Waals surface area contributed by atoms with Gasteiger partial charge in [-0.1, -0.05) is 25.1 Å². The van der Waals surface area contributed by atoms with Gasteiger partial charge in [0, 0.05) is 4.88 Å². The number of hydrogen-bond acceptors (Lipinski definition) is 4. The minimum Gasteiger partial charge on any atom is -0.481 e. The number of benzene rings is 1. The average Bonchev–Trinajstić information content (AvgIpc) is 3.06. The standard InChI is InChI=1S/C17H21NO3S/c1-3-15(16-8-5-9-22-16)18-17(20)12(2)21-14-7-4-6-13(10-14)11-19/h4-10,12,15,19H,3,11H2,1-2H3,(H,18,20). The van der Waals surface area contributed by atoms with Crippen molar-refractivity contribution in [2.24, 2.45) is 0 Å². The monoisotopic (exact) mass is 319 g/mol. The highest BCUT2D eigenvalue weighted by Crippen LogP contribution is 2.22. The maximum absolute atomic E-state index is 12.3. The Morgan fingerprint density at radius 3 is 2.82 bits per heavy atom. The van der Waals surface area contributed by atoms with Crippen molar-refractivity contribution >= 4 is 17.2 Å². The van der Waals surface area contributed by atoms with Crippen LogP contribution in [0.25, 0.3) is 0 Å². The quantitative estimate of drug-likeness (QED) is 0.823. The number of carbonyl (C=O) groups excluding carboxylic acids is 1. The van der Waals surface area contributed by atoms with Gasteiger partial charge in [0.05, 0.1) is 12.6 Å². The summed E-state index contributed by atoms with van der Waals surface area (Å²) >= 11 is 1.63. The molecule has 2 unspecified atom stereocenters. The van der Waals surface area contributed by atoms with Crippen molar-refractivity contribution in [1.29, 1.82) is 0 Å². The molecule has 118 valence electrons. The number of aliphatic hydroxyl groups excluding tert-OH is 1. The fraction of sp³-hybridized carbons (Fsp3) is 0.353. The van der Waals surface area contributed by atoms with Crippen LogP contribution in [0.1, 0.15) is 36.8 Å². The van der Waals surface area contributed by atoms with Gasteiger partial charge in [-0.05, 0) is 42.5 Å². The summed E-state index contributed by atoms with van der Waals surface area (Å²) in [6, 6.07) is 11.1. The number of rotatable bonds is 7. The number of nitrogens with one attached hydrogen (secondary N) is 1. The first-order chi connectivity index (χ1) is 10.6. The van der Waals surface area contributed by atoms with E-state index in [4.69, 9.17) is 9.84 Å². The highest BCUT2D eigenvalue weighted by molar-refractivity contribution is 7.10. The lowest BCUT2D eigenvalue weighted by molar-refractivity contribution is -0.128. The third-order valence-electron chi connectivity index (χ3n) is 3.37. The van der Waals surface area contributed by atoms with E-state index in [0.717, 1.165) is 16.9 Å². The van der Waals surface area contributed by atoms with Crippen molar-refractivity contribution < 1.29 is 14.6 Å². The molecule has 1 heterocycles. The Balaban J connectivity index is 1.96. The zero-order valence-electron chi connectivity index (χ0n) is 12.8. The molecular weight excluding hydrogens is 298 g/mol. The van der Waals surface area contributed by atoms with E-state index in [1.54, 1.807) is 36.5 Å². The van der Waals surface area contributed by atoms with Gasteiger partial charge < -0.3 is 15.2 Å². The largest absolute Gasteiger partial charge is 0.481 e. The molecule has 2 atom stereocenters. The minimum absolute atomic E-state index is 0.0160. The third-order valence-corrected chi connectivity index (χ3v) is 4.36.